The zero-order chi connectivity index (χ0) is 24.1. The zero-order valence-corrected chi connectivity index (χ0v) is 19.4. The molecule has 0 atom stereocenters. The van der Waals surface area contributed by atoms with E-state index in [0.717, 1.165) is 22.7 Å². The molecule has 0 aliphatic carbocycles. The minimum Gasteiger partial charge on any atom is -0.454 e. The van der Waals surface area contributed by atoms with E-state index in [-0.39, 0.29) is 21.3 Å². The van der Waals surface area contributed by atoms with Crippen LogP contribution in [0.5, 0.6) is 11.5 Å². The number of pyridine rings is 1. The van der Waals surface area contributed by atoms with Gasteiger partial charge in [-0.05, 0) is 36.8 Å². The highest BCUT2D eigenvalue weighted by atomic mass is 32.2. The van der Waals surface area contributed by atoms with E-state index in [9.17, 15) is 13.7 Å². The summed E-state index contributed by atoms with van der Waals surface area (Å²) in [6.07, 6.45) is 9.70. The fraction of sp³-hybridized carbons (Fsp3) is 0.0455. The van der Waals surface area contributed by atoms with Crippen molar-refractivity contribution >= 4 is 32.3 Å². The zero-order valence-electron chi connectivity index (χ0n) is 17.8. The van der Waals surface area contributed by atoms with Crippen molar-refractivity contribution in [1.82, 2.24) is 24.5 Å². The Balaban J connectivity index is 1.71. The molecule has 0 aliphatic heterocycles. The number of ether oxygens (including phenoxy) is 1. The predicted octanol–water partition coefficient (Wildman–Crippen LogP) is 4.38. The van der Waals surface area contributed by atoms with Crippen LogP contribution in [0.25, 0.3) is 16.8 Å². The molecule has 170 valence electrons. The second-order valence-corrected chi connectivity index (χ2v) is 9.19. The molecule has 0 aliphatic rings. The van der Waals surface area contributed by atoms with Gasteiger partial charge in [0.15, 0.2) is 5.75 Å². The third kappa shape index (κ3) is 4.70. The number of aromatic amines is 1. The van der Waals surface area contributed by atoms with E-state index in [0.29, 0.717) is 17.0 Å². The van der Waals surface area contributed by atoms with Gasteiger partial charge in [0.05, 0.1) is 28.5 Å². The summed E-state index contributed by atoms with van der Waals surface area (Å²) in [5, 5.41) is 16.5. The minimum absolute atomic E-state index is 0.0330. The maximum absolute atomic E-state index is 12.6. The van der Waals surface area contributed by atoms with Gasteiger partial charge >= 0.3 is 0 Å². The molecule has 4 rings (SSSR count). The smallest absolute Gasteiger partial charge is 0.263 e. The van der Waals surface area contributed by atoms with E-state index in [1.54, 1.807) is 18.5 Å². The summed E-state index contributed by atoms with van der Waals surface area (Å²) in [7, 11) is -3.96. The molecule has 12 heteroatoms. The fourth-order valence-corrected chi connectivity index (χ4v) is 4.73. The normalized spacial score (nSPS) is 11.6. The summed E-state index contributed by atoms with van der Waals surface area (Å²) in [5.74, 6) is 0.551. The summed E-state index contributed by atoms with van der Waals surface area (Å²) in [6, 6.07) is 7.81. The summed E-state index contributed by atoms with van der Waals surface area (Å²) < 4.78 is 37.4. The van der Waals surface area contributed by atoms with Gasteiger partial charge < -0.3 is 4.74 Å². The molecule has 0 amide bonds. The van der Waals surface area contributed by atoms with Crippen LogP contribution in [0, 0.1) is 11.3 Å². The van der Waals surface area contributed by atoms with Gasteiger partial charge in [-0.3, -0.25) is 14.8 Å². The SMILES string of the molecule is C=C/C(=C\C)c1cc(-c2cn[nH]c2)ncc1Oc1ccc(S(=O)(=O)Nc2ncns2)cc1C#N. The second-order valence-electron chi connectivity index (χ2n) is 6.72. The largest absolute Gasteiger partial charge is 0.454 e. The highest BCUT2D eigenvalue weighted by Gasteiger charge is 2.20. The number of rotatable bonds is 8. The highest BCUT2D eigenvalue weighted by molar-refractivity contribution is 7.93. The molecule has 0 saturated carbocycles. The molecule has 0 bridgehead atoms. The quantitative estimate of drug-likeness (QED) is 0.345. The number of nitrogens with zero attached hydrogens (tertiary/aromatic N) is 5. The Hall–Kier alpha value is -4.34. The molecular weight excluding hydrogens is 474 g/mol. The lowest BCUT2D eigenvalue weighted by molar-refractivity contribution is 0.477. The van der Waals surface area contributed by atoms with Gasteiger partial charge in [0.25, 0.3) is 10.0 Å². The van der Waals surface area contributed by atoms with Crippen LogP contribution in [0.1, 0.15) is 18.1 Å². The first-order valence-corrected chi connectivity index (χ1v) is 12.0. The van der Waals surface area contributed by atoms with Crippen molar-refractivity contribution in [1.29, 1.82) is 5.26 Å². The van der Waals surface area contributed by atoms with Crippen molar-refractivity contribution in [2.45, 2.75) is 11.8 Å². The van der Waals surface area contributed by atoms with Crippen molar-refractivity contribution in [3.63, 3.8) is 0 Å². The van der Waals surface area contributed by atoms with E-state index in [4.69, 9.17) is 4.74 Å². The number of hydrogen-bond donors (Lipinski definition) is 2. The Morgan fingerprint density at radius 3 is 2.76 bits per heavy atom. The van der Waals surface area contributed by atoms with E-state index < -0.39 is 10.0 Å². The van der Waals surface area contributed by atoms with Gasteiger partial charge in [-0.25, -0.2) is 13.4 Å². The van der Waals surface area contributed by atoms with Crippen LogP contribution in [0.2, 0.25) is 0 Å². The summed E-state index contributed by atoms with van der Waals surface area (Å²) >= 11 is 0.901. The monoisotopic (exact) mass is 491 g/mol. The first-order chi connectivity index (χ1) is 16.4. The van der Waals surface area contributed by atoms with Gasteiger partial charge in [0.2, 0.25) is 5.13 Å². The predicted molar refractivity (Wildman–Crippen MR) is 128 cm³/mol. The molecule has 0 saturated heterocycles. The van der Waals surface area contributed by atoms with Crippen molar-refractivity contribution in [2.75, 3.05) is 4.72 Å². The third-order valence-corrected chi connectivity index (χ3v) is 6.73. The molecule has 34 heavy (non-hydrogen) atoms. The molecule has 0 fully saturated rings. The fourth-order valence-electron chi connectivity index (χ4n) is 3.04. The van der Waals surface area contributed by atoms with Gasteiger partial charge in [0, 0.05) is 28.9 Å². The molecule has 4 aromatic rings. The summed E-state index contributed by atoms with van der Waals surface area (Å²) in [6.45, 7) is 5.72. The maximum Gasteiger partial charge on any atom is 0.263 e. The van der Waals surface area contributed by atoms with Crippen LogP contribution in [-0.2, 0) is 10.0 Å². The number of anilines is 1. The van der Waals surface area contributed by atoms with Crippen LogP contribution in [-0.4, -0.2) is 33.0 Å². The van der Waals surface area contributed by atoms with E-state index in [2.05, 4.69) is 35.8 Å². The molecular formula is C22H17N7O3S2. The molecule has 3 aromatic heterocycles. The Labute approximate surface area is 199 Å². The van der Waals surface area contributed by atoms with E-state index in [1.807, 2.05) is 25.1 Å². The Bertz CT molecular complexity index is 1500. The van der Waals surface area contributed by atoms with Gasteiger partial charge in [-0.2, -0.15) is 14.7 Å². The van der Waals surface area contributed by atoms with Crippen molar-refractivity contribution < 1.29 is 13.2 Å². The summed E-state index contributed by atoms with van der Waals surface area (Å²) in [4.78, 5) is 8.14. The van der Waals surface area contributed by atoms with E-state index >= 15 is 0 Å². The molecule has 0 unspecified atom stereocenters. The molecule has 3 heterocycles. The number of nitriles is 1. The van der Waals surface area contributed by atoms with Crippen LogP contribution >= 0.6 is 11.5 Å². The first-order valence-electron chi connectivity index (χ1n) is 9.75. The highest BCUT2D eigenvalue weighted by Crippen LogP contribution is 2.35. The van der Waals surface area contributed by atoms with Crippen molar-refractivity contribution in [2.24, 2.45) is 0 Å². The van der Waals surface area contributed by atoms with Crippen molar-refractivity contribution in [3.05, 3.63) is 79.0 Å². The third-order valence-electron chi connectivity index (χ3n) is 4.69. The maximum atomic E-state index is 12.6. The Morgan fingerprint density at radius 1 is 1.26 bits per heavy atom. The molecule has 0 spiro atoms. The van der Waals surface area contributed by atoms with Crippen LogP contribution in [0.3, 0.4) is 0 Å². The topological polar surface area (TPSA) is 147 Å². The Kier molecular flexibility index (Phi) is 6.48. The minimum atomic E-state index is -3.96. The number of hydrogen-bond acceptors (Lipinski definition) is 9. The van der Waals surface area contributed by atoms with Crippen molar-refractivity contribution in [3.8, 4) is 28.8 Å². The van der Waals surface area contributed by atoms with Crippen LogP contribution in [0.4, 0.5) is 5.13 Å². The Morgan fingerprint density at radius 2 is 2.12 bits per heavy atom. The molecule has 2 N–H and O–H groups in total. The molecule has 0 radical (unpaired) electrons. The lowest BCUT2D eigenvalue weighted by Gasteiger charge is -2.14. The van der Waals surface area contributed by atoms with Gasteiger partial charge in [0.1, 0.15) is 18.1 Å². The number of nitrogens with one attached hydrogen (secondary N) is 2. The number of benzene rings is 1. The van der Waals surface area contributed by atoms with Crippen LogP contribution in [0.15, 0.2) is 72.8 Å². The lowest BCUT2D eigenvalue weighted by Crippen LogP contribution is -2.13. The van der Waals surface area contributed by atoms with Gasteiger partial charge in [-0.15, -0.1) is 0 Å². The number of allylic oxidation sites excluding steroid dienone is 3. The molecule has 1 aromatic carbocycles. The van der Waals surface area contributed by atoms with Gasteiger partial charge in [-0.1, -0.05) is 18.7 Å². The first kappa shape index (κ1) is 22.8. The molecule has 10 nitrogen and oxygen atoms in total. The average molecular weight is 492 g/mol. The lowest BCUT2D eigenvalue weighted by atomic mass is 10.0. The number of H-pyrrole nitrogens is 1. The van der Waals surface area contributed by atoms with E-state index in [1.165, 1.54) is 30.7 Å². The average Bonchev–Trinajstić information content (AvgIpc) is 3.55. The standard InChI is InChI=1S/C22H17N7O3S2/c1-3-14(4-2)18-8-19(16-10-26-27-11-16)24-12-21(18)32-20-6-5-17(7-15(20)9-23)34(30,31)29-22-25-13-28-33-22/h3-8,10-13H,1H2,2H3,(H,26,27)(H,25,28,29)/b14-4+. The second kappa shape index (κ2) is 9.65. The van der Waals surface area contributed by atoms with Crippen LogP contribution < -0.4 is 9.46 Å². The summed E-state index contributed by atoms with van der Waals surface area (Å²) in [5.41, 5.74) is 2.98. The number of aromatic nitrogens is 5. The number of sulfonamides is 1.